The van der Waals surface area contributed by atoms with E-state index < -0.39 is 0 Å². The van der Waals surface area contributed by atoms with Crippen LogP contribution in [-0.4, -0.2) is 9.13 Å². The summed E-state index contributed by atoms with van der Waals surface area (Å²) in [5.74, 6) is 0. The van der Waals surface area contributed by atoms with Gasteiger partial charge in [-0.1, -0.05) is 121 Å². The summed E-state index contributed by atoms with van der Waals surface area (Å²) in [6, 6.07) is 55.7. The Morgan fingerprint density at radius 1 is 0.276 bits per heavy atom. The molecule has 2 heterocycles. The summed E-state index contributed by atoms with van der Waals surface area (Å²) in [5, 5.41) is 26.3. The molecule has 0 N–H and O–H groups in total. The first-order valence-corrected chi connectivity index (χ1v) is 20.5. The van der Waals surface area contributed by atoms with Gasteiger partial charge in [-0.15, -0.1) is 0 Å². The second-order valence-electron chi connectivity index (χ2n) is 16.9. The molecule has 0 unspecified atom stereocenters. The van der Waals surface area contributed by atoms with Gasteiger partial charge in [0.05, 0.1) is 22.4 Å². The molecular weight excluding hydrogens is 701 g/mol. The van der Waals surface area contributed by atoms with Gasteiger partial charge in [-0.2, -0.15) is 0 Å². The molecule has 14 rings (SSSR count). The number of hydrogen-bond acceptors (Lipinski definition) is 0. The molecule has 0 bridgehead atoms. The molecular formula is C56H36N2. The van der Waals surface area contributed by atoms with Gasteiger partial charge >= 0.3 is 0 Å². The van der Waals surface area contributed by atoms with E-state index in [2.05, 4.69) is 182 Å². The predicted molar refractivity (Wildman–Crippen MR) is 250 cm³/mol. The van der Waals surface area contributed by atoms with E-state index >= 15 is 0 Å². The van der Waals surface area contributed by atoms with Crippen molar-refractivity contribution in [3.8, 4) is 11.4 Å². The van der Waals surface area contributed by atoms with Crippen molar-refractivity contribution in [2.75, 3.05) is 0 Å². The Kier molecular flexibility index (Phi) is 5.56. The maximum absolute atomic E-state index is 2.57. The van der Waals surface area contributed by atoms with E-state index in [1.165, 1.54) is 153 Å². The molecule has 0 spiro atoms. The van der Waals surface area contributed by atoms with Crippen LogP contribution < -0.4 is 0 Å². The monoisotopic (exact) mass is 736 g/mol. The van der Waals surface area contributed by atoms with Crippen LogP contribution in [0.1, 0.15) is 22.5 Å². The lowest BCUT2D eigenvalue weighted by atomic mass is 9.90. The van der Waals surface area contributed by atoms with Crippen LogP contribution in [0, 0.1) is 27.7 Å². The van der Waals surface area contributed by atoms with Crippen molar-refractivity contribution >= 4 is 119 Å². The van der Waals surface area contributed by atoms with Gasteiger partial charge in [0.25, 0.3) is 0 Å². The lowest BCUT2D eigenvalue weighted by Gasteiger charge is -2.19. The molecule has 0 atom stereocenters. The van der Waals surface area contributed by atoms with Crippen LogP contribution >= 0.6 is 0 Å². The molecule has 0 amide bonds. The van der Waals surface area contributed by atoms with Crippen LogP contribution in [0.15, 0.2) is 146 Å². The first-order chi connectivity index (χ1) is 28.4. The van der Waals surface area contributed by atoms with Crippen molar-refractivity contribution in [1.29, 1.82) is 0 Å². The number of fused-ring (bicyclic) bond motifs is 4. The normalized spacial score (nSPS) is 12.8. The highest BCUT2D eigenvalue weighted by Gasteiger charge is 2.24. The number of aryl methyl sites for hydroxylation is 2. The molecule has 0 saturated heterocycles. The van der Waals surface area contributed by atoms with Gasteiger partial charge in [0.2, 0.25) is 0 Å². The minimum Gasteiger partial charge on any atom is -0.312 e. The number of rotatable bonds is 2. The summed E-state index contributed by atoms with van der Waals surface area (Å²) in [4.78, 5) is 0. The van der Waals surface area contributed by atoms with Crippen LogP contribution in [0.4, 0.5) is 0 Å². The molecule has 0 aliphatic heterocycles. The Morgan fingerprint density at radius 2 is 0.586 bits per heavy atom. The van der Waals surface area contributed by atoms with E-state index in [1.54, 1.807) is 0 Å². The molecule has 2 aromatic heterocycles. The minimum atomic E-state index is 1.24. The van der Waals surface area contributed by atoms with Crippen molar-refractivity contribution < 1.29 is 0 Å². The summed E-state index contributed by atoms with van der Waals surface area (Å²) >= 11 is 0. The van der Waals surface area contributed by atoms with Crippen molar-refractivity contribution in [2.45, 2.75) is 27.7 Å². The predicted octanol–water partition coefficient (Wildman–Crippen LogP) is 15.5. The van der Waals surface area contributed by atoms with Crippen LogP contribution in [0.2, 0.25) is 0 Å². The van der Waals surface area contributed by atoms with Crippen LogP contribution in [0.5, 0.6) is 0 Å². The van der Waals surface area contributed by atoms with Crippen LogP contribution in [0.25, 0.3) is 130 Å². The SMILES string of the molecule is Cc1c(C)n(-c2ccc3ccc4cccc5ccc2c3c45)c2c1cc1ccc3c4c(ccc2c14)cc1c(C)c(C)n(-c2ccc4ccc5cccc6ccc2c4c56)c13. The zero-order chi connectivity index (χ0) is 38.3. The van der Waals surface area contributed by atoms with Gasteiger partial charge in [-0.05, 0) is 138 Å². The average molecular weight is 737 g/mol. The molecule has 12 aromatic carbocycles. The highest BCUT2D eigenvalue weighted by Crippen LogP contribution is 2.48. The third kappa shape index (κ3) is 3.57. The number of benzene rings is 12. The van der Waals surface area contributed by atoms with E-state index in [9.17, 15) is 0 Å². The molecule has 0 radical (unpaired) electrons. The van der Waals surface area contributed by atoms with Gasteiger partial charge < -0.3 is 9.13 Å². The zero-order valence-electron chi connectivity index (χ0n) is 32.8. The number of hydrogen-bond donors (Lipinski definition) is 0. The summed E-state index contributed by atoms with van der Waals surface area (Å²) < 4.78 is 5.14. The molecule has 0 fully saturated rings. The Morgan fingerprint density at radius 3 is 1.00 bits per heavy atom. The number of nitrogens with zero attached hydrogens (tertiary/aromatic N) is 2. The van der Waals surface area contributed by atoms with Crippen molar-refractivity contribution in [1.82, 2.24) is 9.13 Å². The quantitative estimate of drug-likeness (QED) is 0.156. The van der Waals surface area contributed by atoms with Crippen molar-refractivity contribution in [3.63, 3.8) is 0 Å². The molecule has 270 valence electrons. The first kappa shape index (κ1) is 31.0. The Balaban J connectivity index is 1.11. The largest absolute Gasteiger partial charge is 0.312 e. The topological polar surface area (TPSA) is 9.86 Å². The lowest BCUT2D eigenvalue weighted by molar-refractivity contribution is 1.05. The average Bonchev–Trinajstić information content (AvgIpc) is 3.66. The van der Waals surface area contributed by atoms with Crippen molar-refractivity contribution in [2.24, 2.45) is 0 Å². The molecule has 58 heavy (non-hydrogen) atoms. The van der Waals surface area contributed by atoms with Gasteiger partial charge in [0.1, 0.15) is 0 Å². The highest BCUT2D eigenvalue weighted by molar-refractivity contribution is 6.34. The highest BCUT2D eigenvalue weighted by atomic mass is 15.0. The van der Waals surface area contributed by atoms with Gasteiger partial charge in [0.15, 0.2) is 0 Å². The lowest BCUT2D eigenvalue weighted by Crippen LogP contribution is -2.00. The smallest absolute Gasteiger partial charge is 0.0613 e. The van der Waals surface area contributed by atoms with Gasteiger partial charge in [0, 0.05) is 43.7 Å². The van der Waals surface area contributed by atoms with E-state index in [-0.39, 0.29) is 0 Å². The third-order valence-corrected chi connectivity index (χ3v) is 14.3. The molecule has 2 nitrogen and oxygen atoms in total. The van der Waals surface area contributed by atoms with Gasteiger partial charge in [-0.25, -0.2) is 0 Å². The Labute approximate surface area is 333 Å². The van der Waals surface area contributed by atoms with Crippen LogP contribution in [-0.2, 0) is 0 Å². The van der Waals surface area contributed by atoms with E-state index in [0.717, 1.165) is 0 Å². The van der Waals surface area contributed by atoms with E-state index in [4.69, 9.17) is 0 Å². The fourth-order valence-corrected chi connectivity index (χ4v) is 11.5. The van der Waals surface area contributed by atoms with Crippen LogP contribution in [0.3, 0.4) is 0 Å². The van der Waals surface area contributed by atoms with Gasteiger partial charge in [-0.3, -0.25) is 0 Å². The second-order valence-corrected chi connectivity index (χ2v) is 16.9. The second kappa shape index (κ2) is 10.4. The molecule has 0 aliphatic carbocycles. The maximum atomic E-state index is 2.57. The standard InChI is InChI=1S/C56H36N2/c1-29-31(3)57(47-25-19-37-13-11-33-7-5-9-35-15-21-41(47)51(37)49(33)35)55-43-23-18-40-28-46-30(2)32(4)58(56(46)44-24-17-39(27-45(29)55)53(43)54(40)44)48-26-20-38-14-12-34-8-6-10-36-16-22-42(48)52(38)50(34)36/h5-28H,1-4H3. The Hall–Kier alpha value is -7.16. The molecule has 14 aromatic rings. The first-order valence-electron chi connectivity index (χ1n) is 20.5. The summed E-state index contributed by atoms with van der Waals surface area (Å²) in [6.45, 7) is 9.22. The molecule has 0 saturated carbocycles. The maximum Gasteiger partial charge on any atom is 0.0613 e. The zero-order valence-corrected chi connectivity index (χ0v) is 32.8. The Bertz CT molecular complexity index is 3820. The summed E-state index contributed by atoms with van der Waals surface area (Å²) in [5.41, 5.74) is 10.3. The van der Waals surface area contributed by atoms with E-state index in [1.807, 2.05) is 0 Å². The van der Waals surface area contributed by atoms with Crippen molar-refractivity contribution in [3.05, 3.63) is 168 Å². The summed E-state index contributed by atoms with van der Waals surface area (Å²) in [7, 11) is 0. The third-order valence-electron chi connectivity index (χ3n) is 14.3. The van der Waals surface area contributed by atoms with E-state index in [0.29, 0.717) is 0 Å². The molecule has 2 heteroatoms. The fraction of sp³-hybridized carbons (Fsp3) is 0.0714. The minimum absolute atomic E-state index is 1.24. The number of aromatic nitrogens is 2. The molecule has 0 aliphatic rings. The fourth-order valence-electron chi connectivity index (χ4n) is 11.5. The summed E-state index contributed by atoms with van der Waals surface area (Å²) in [6.07, 6.45) is 0.